The van der Waals surface area contributed by atoms with Gasteiger partial charge >= 0.3 is 0 Å². The lowest BCUT2D eigenvalue weighted by molar-refractivity contribution is 0.102. The van der Waals surface area contributed by atoms with E-state index in [-0.39, 0.29) is 11.6 Å². The molecule has 2 N–H and O–H groups in total. The molecule has 0 atom stereocenters. The lowest BCUT2D eigenvalue weighted by atomic mass is 10.3. The maximum Gasteiger partial charge on any atom is 0.275 e. The van der Waals surface area contributed by atoms with Crippen LogP contribution in [0.4, 0.5) is 11.5 Å². The fourth-order valence-corrected chi connectivity index (χ4v) is 1.47. The van der Waals surface area contributed by atoms with Crippen molar-refractivity contribution in [2.45, 2.75) is 0 Å². The van der Waals surface area contributed by atoms with Gasteiger partial charge in [0.1, 0.15) is 17.3 Å². The number of nitrogens with zero attached hydrogens (tertiary/aromatic N) is 2. The fraction of sp³-hybridized carbons (Fsp3) is 0.154. The molecular formula is C13H14N4O2. The Morgan fingerprint density at radius 1 is 1.26 bits per heavy atom. The minimum Gasteiger partial charge on any atom is -0.497 e. The summed E-state index contributed by atoms with van der Waals surface area (Å²) in [6, 6.07) is 7.10. The van der Waals surface area contributed by atoms with Crippen LogP contribution in [0.5, 0.6) is 5.75 Å². The zero-order valence-electron chi connectivity index (χ0n) is 10.7. The van der Waals surface area contributed by atoms with Crippen molar-refractivity contribution in [2.24, 2.45) is 0 Å². The molecule has 6 heteroatoms. The Morgan fingerprint density at radius 2 is 2.11 bits per heavy atom. The molecule has 1 heterocycles. The summed E-state index contributed by atoms with van der Waals surface area (Å²) in [5.74, 6) is 0.968. The molecule has 0 saturated heterocycles. The van der Waals surface area contributed by atoms with Crippen molar-refractivity contribution in [3.63, 3.8) is 0 Å². The molecule has 2 rings (SSSR count). The minimum absolute atomic E-state index is 0.252. The van der Waals surface area contributed by atoms with Gasteiger partial charge in [0.05, 0.1) is 19.5 Å². The molecule has 0 aliphatic rings. The van der Waals surface area contributed by atoms with Crippen molar-refractivity contribution in [1.82, 2.24) is 9.97 Å². The van der Waals surface area contributed by atoms with E-state index < -0.39 is 0 Å². The Kier molecular flexibility index (Phi) is 3.92. The maximum atomic E-state index is 11.9. The largest absolute Gasteiger partial charge is 0.497 e. The Morgan fingerprint density at radius 3 is 2.74 bits per heavy atom. The first-order valence-corrected chi connectivity index (χ1v) is 5.68. The molecule has 98 valence electrons. The fourth-order valence-electron chi connectivity index (χ4n) is 1.47. The molecule has 1 amide bonds. The Hall–Kier alpha value is -2.63. The van der Waals surface area contributed by atoms with E-state index in [1.165, 1.54) is 12.4 Å². The zero-order valence-corrected chi connectivity index (χ0v) is 10.7. The van der Waals surface area contributed by atoms with Gasteiger partial charge in [0.15, 0.2) is 0 Å². The lowest BCUT2D eigenvalue weighted by Crippen LogP contribution is -2.14. The highest BCUT2D eigenvalue weighted by Gasteiger charge is 2.08. The highest BCUT2D eigenvalue weighted by Crippen LogP contribution is 2.17. The molecule has 0 saturated carbocycles. The van der Waals surface area contributed by atoms with E-state index in [4.69, 9.17) is 4.74 Å². The van der Waals surface area contributed by atoms with Gasteiger partial charge in [-0.15, -0.1) is 0 Å². The summed E-state index contributed by atoms with van der Waals surface area (Å²) in [4.78, 5) is 20.0. The van der Waals surface area contributed by atoms with E-state index in [1.54, 1.807) is 38.4 Å². The van der Waals surface area contributed by atoms with Gasteiger partial charge in [0.25, 0.3) is 5.91 Å². The van der Waals surface area contributed by atoms with Crippen LogP contribution in [0, 0.1) is 0 Å². The third kappa shape index (κ3) is 3.19. The number of aromatic nitrogens is 2. The van der Waals surface area contributed by atoms with Crippen molar-refractivity contribution in [1.29, 1.82) is 0 Å². The van der Waals surface area contributed by atoms with E-state index >= 15 is 0 Å². The number of rotatable bonds is 4. The average molecular weight is 258 g/mol. The highest BCUT2D eigenvalue weighted by atomic mass is 16.5. The molecule has 2 aromatic rings. The Bertz CT molecular complexity index is 569. The molecule has 0 bridgehead atoms. The molecule has 1 aromatic carbocycles. The number of methoxy groups -OCH3 is 1. The molecule has 6 nitrogen and oxygen atoms in total. The second kappa shape index (κ2) is 5.81. The summed E-state index contributed by atoms with van der Waals surface area (Å²) in [6.07, 6.45) is 2.92. The number of carbonyl (C=O) groups excluding carboxylic acids is 1. The number of anilines is 2. The lowest BCUT2D eigenvalue weighted by Gasteiger charge is -2.06. The number of ether oxygens (including phenoxy) is 1. The van der Waals surface area contributed by atoms with Gasteiger partial charge in [0, 0.05) is 18.8 Å². The van der Waals surface area contributed by atoms with Gasteiger partial charge in [-0.2, -0.15) is 0 Å². The van der Waals surface area contributed by atoms with Crippen LogP contribution in [-0.2, 0) is 0 Å². The summed E-state index contributed by atoms with van der Waals surface area (Å²) in [6.45, 7) is 0. The molecule has 0 radical (unpaired) electrons. The quantitative estimate of drug-likeness (QED) is 0.874. The third-order valence-electron chi connectivity index (χ3n) is 2.47. The van der Waals surface area contributed by atoms with Crippen molar-refractivity contribution >= 4 is 17.4 Å². The SMILES string of the molecule is CNc1cnc(C(=O)Nc2cccc(OC)c2)cn1. The number of amides is 1. The summed E-state index contributed by atoms with van der Waals surface area (Å²) in [5, 5.41) is 5.56. The molecule has 0 fully saturated rings. The molecule has 0 aliphatic carbocycles. The summed E-state index contributed by atoms with van der Waals surface area (Å²) in [7, 11) is 3.31. The number of nitrogens with one attached hydrogen (secondary N) is 2. The van der Waals surface area contributed by atoms with E-state index in [9.17, 15) is 4.79 Å². The second-order valence-corrected chi connectivity index (χ2v) is 3.72. The average Bonchev–Trinajstić information content (AvgIpc) is 2.47. The van der Waals surface area contributed by atoms with Gasteiger partial charge in [-0.05, 0) is 12.1 Å². The van der Waals surface area contributed by atoms with Gasteiger partial charge in [-0.3, -0.25) is 4.79 Å². The standard InChI is InChI=1S/C13H14N4O2/c1-14-12-8-15-11(7-16-12)13(18)17-9-4-3-5-10(6-9)19-2/h3-8H,1-2H3,(H,14,16)(H,17,18). The molecule has 1 aromatic heterocycles. The molecule has 19 heavy (non-hydrogen) atoms. The topological polar surface area (TPSA) is 76.1 Å². The van der Waals surface area contributed by atoms with Crippen LogP contribution in [0.15, 0.2) is 36.7 Å². The number of hydrogen-bond donors (Lipinski definition) is 2. The van der Waals surface area contributed by atoms with E-state index in [0.717, 1.165) is 0 Å². The summed E-state index contributed by atoms with van der Waals surface area (Å²) < 4.78 is 5.08. The number of benzene rings is 1. The monoisotopic (exact) mass is 258 g/mol. The van der Waals surface area contributed by atoms with E-state index in [0.29, 0.717) is 17.3 Å². The van der Waals surface area contributed by atoms with Crippen molar-refractivity contribution < 1.29 is 9.53 Å². The van der Waals surface area contributed by atoms with Crippen LogP contribution in [0.1, 0.15) is 10.5 Å². The van der Waals surface area contributed by atoms with Gasteiger partial charge < -0.3 is 15.4 Å². The summed E-state index contributed by atoms with van der Waals surface area (Å²) in [5.41, 5.74) is 0.894. The second-order valence-electron chi connectivity index (χ2n) is 3.72. The highest BCUT2D eigenvalue weighted by molar-refractivity contribution is 6.02. The van der Waals surface area contributed by atoms with Crippen molar-refractivity contribution in [3.05, 3.63) is 42.4 Å². The summed E-state index contributed by atoms with van der Waals surface area (Å²) >= 11 is 0. The van der Waals surface area contributed by atoms with Gasteiger partial charge in [-0.1, -0.05) is 6.07 Å². The first-order chi connectivity index (χ1) is 9.22. The Labute approximate surface area is 110 Å². The van der Waals surface area contributed by atoms with Crippen LogP contribution in [0.25, 0.3) is 0 Å². The van der Waals surface area contributed by atoms with Crippen LogP contribution in [0.2, 0.25) is 0 Å². The van der Waals surface area contributed by atoms with Crippen molar-refractivity contribution in [3.8, 4) is 5.75 Å². The normalized spacial score (nSPS) is 9.79. The molecule has 0 spiro atoms. The first kappa shape index (κ1) is 12.8. The third-order valence-corrected chi connectivity index (χ3v) is 2.47. The van der Waals surface area contributed by atoms with Crippen molar-refractivity contribution in [2.75, 3.05) is 24.8 Å². The van der Waals surface area contributed by atoms with Gasteiger partial charge in [-0.25, -0.2) is 9.97 Å². The maximum absolute atomic E-state index is 11.9. The smallest absolute Gasteiger partial charge is 0.275 e. The van der Waals surface area contributed by atoms with Crippen LogP contribution < -0.4 is 15.4 Å². The van der Waals surface area contributed by atoms with Gasteiger partial charge in [0.2, 0.25) is 0 Å². The van der Waals surface area contributed by atoms with E-state index in [2.05, 4.69) is 20.6 Å². The van der Waals surface area contributed by atoms with Crippen LogP contribution >= 0.6 is 0 Å². The van der Waals surface area contributed by atoms with E-state index in [1.807, 2.05) is 0 Å². The molecule has 0 unspecified atom stereocenters. The first-order valence-electron chi connectivity index (χ1n) is 5.68. The zero-order chi connectivity index (χ0) is 13.7. The predicted molar refractivity (Wildman–Crippen MR) is 72.5 cm³/mol. The Balaban J connectivity index is 2.11. The van der Waals surface area contributed by atoms with Crippen LogP contribution in [-0.4, -0.2) is 30.0 Å². The number of carbonyl (C=O) groups is 1. The number of hydrogen-bond acceptors (Lipinski definition) is 5. The molecule has 0 aliphatic heterocycles. The molecular weight excluding hydrogens is 244 g/mol. The minimum atomic E-state index is -0.316. The predicted octanol–water partition coefficient (Wildman–Crippen LogP) is 1.78. The van der Waals surface area contributed by atoms with Crippen LogP contribution in [0.3, 0.4) is 0 Å².